The van der Waals surface area contributed by atoms with Gasteiger partial charge < -0.3 is 19.2 Å². The Hall–Kier alpha value is -3.87. The summed E-state index contributed by atoms with van der Waals surface area (Å²) in [7, 11) is 3.08. The number of furan rings is 1. The molecule has 4 rings (SSSR count). The van der Waals surface area contributed by atoms with Gasteiger partial charge in [0.15, 0.2) is 0 Å². The van der Waals surface area contributed by atoms with Crippen LogP contribution in [0.2, 0.25) is 0 Å². The summed E-state index contributed by atoms with van der Waals surface area (Å²) in [5, 5.41) is 4.32. The Morgan fingerprint density at radius 3 is 2.54 bits per heavy atom. The predicted octanol–water partition coefficient (Wildman–Crippen LogP) is 6.27. The molecule has 35 heavy (non-hydrogen) atoms. The average Bonchev–Trinajstić information content (AvgIpc) is 3.30. The number of nitrogens with zero attached hydrogens (tertiary/aromatic N) is 2. The summed E-state index contributed by atoms with van der Waals surface area (Å²) in [4.78, 5) is 20.3. The van der Waals surface area contributed by atoms with E-state index < -0.39 is 0 Å². The topological polar surface area (TPSA) is 86.5 Å². The molecule has 0 unspecified atom stereocenters. The van der Waals surface area contributed by atoms with Crippen molar-refractivity contribution in [2.75, 3.05) is 26.1 Å². The fourth-order valence-electron chi connectivity index (χ4n) is 4.22. The van der Waals surface area contributed by atoms with Crippen LogP contribution in [0.25, 0.3) is 33.6 Å². The molecule has 0 saturated carbocycles. The summed E-state index contributed by atoms with van der Waals surface area (Å²) in [6, 6.07) is 16.2. The van der Waals surface area contributed by atoms with Gasteiger partial charge in [-0.15, -0.1) is 0 Å². The number of carbonyl (C=O) groups excluding carboxylic acids is 1. The number of rotatable bonds is 11. The van der Waals surface area contributed by atoms with Gasteiger partial charge in [-0.05, 0) is 42.5 Å². The number of hydrogen-bond acceptors (Lipinski definition) is 7. The van der Waals surface area contributed by atoms with Crippen LogP contribution < -0.4 is 10.1 Å². The van der Waals surface area contributed by atoms with E-state index in [1.54, 1.807) is 7.11 Å². The van der Waals surface area contributed by atoms with E-state index in [0.717, 1.165) is 71.6 Å². The average molecular weight is 474 g/mol. The van der Waals surface area contributed by atoms with Gasteiger partial charge in [-0.3, -0.25) is 4.79 Å². The van der Waals surface area contributed by atoms with Crippen LogP contribution in [0.4, 0.5) is 5.82 Å². The van der Waals surface area contributed by atoms with Crippen molar-refractivity contribution >= 4 is 22.9 Å². The van der Waals surface area contributed by atoms with Gasteiger partial charge in [0.2, 0.25) is 5.71 Å². The van der Waals surface area contributed by atoms with Crippen LogP contribution in [-0.2, 0) is 16.0 Å². The highest BCUT2D eigenvalue weighted by Gasteiger charge is 2.23. The van der Waals surface area contributed by atoms with Gasteiger partial charge in [0.25, 0.3) is 0 Å². The summed E-state index contributed by atoms with van der Waals surface area (Å²) in [6.07, 6.45) is 5.48. The highest BCUT2D eigenvalue weighted by Crippen LogP contribution is 2.43. The minimum Gasteiger partial charge on any atom is -0.497 e. The molecule has 0 aliphatic rings. The molecule has 7 nitrogen and oxygen atoms in total. The van der Waals surface area contributed by atoms with Crippen LogP contribution in [0.15, 0.2) is 59.3 Å². The van der Waals surface area contributed by atoms with E-state index in [-0.39, 0.29) is 5.97 Å². The van der Waals surface area contributed by atoms with Crippen molar-refractivity contribution in [1.82, 2.24) is 9.97 Å². The molecule has 0 amide bonds. The maximum absolute atomic E-state index is 11.3. The number of ether oxygens (including phenoxy) is 2. The van der Waals surface area contributed by atoms with Gasteiger partial charge in [0, 0.05) is 24.1 Å². The number of methoxy groups -OCH3 is 2. The monoisotopic (exact) mass is 473 g/mol. The number of unbranched alkanes of at least 4 members (excludes halogenated alkanes) is 2. The molecule has 4 aromatic rings. The molecular formula is C28H31N3O4. The lowest BCUT2D eigenvalue weighted by atomic mass is 9.95. The maximum Gasteiger partial charge on any atom is 0.305 e. The molecule has 2 heterocycles. The lowest BCUT2D eigenvalue weighted by Crippen LogP contribution is -2.05. The maximum atomic E-state index is 11.3. The molecule has 7 heteroatoms. The summed E-state index contributed by atoms with van der Waals surface area (Å²) in [5.41, 5.74) is 4.75. The zero-order valence-electron chi connectivity index (χ0n) is 20.5. The zero-order chi connectivity index (χ0) is 24.6. The largest absolute Gasteiger partial charge is 0.497 e. The minimum atomic E-state index is -0.169. The first-order chi connectivity index (χ1) is 17.2. The molecule has 0 aliphatic heterocycles. The van der Waals surface area contributed by atoms with Crippen molar-refractivity contribution in [3.05, 3.63) is 60.4 Å². The van der Waals surface area contributed by atoms with E-state index in [9.17, 15) is 4.79 Å². The van der Waals surface area contributed by atoms with E-state index >= 15 is 0 Å². The third-order valence-corrected chi connectivity index (χ3v) is 6.09. The molecule has 0 spiro atoms. The van der Waals surface area contributed by atoms with Crippen LogP contribution in [0.3, 0.4) is 0 Å². The van der Waals surface area contributed by atoms with Gasteiger partial charge in [-0.25, -0.2) is 9.97 Å². The number of aromatic nitrogens is 2. The Morgan fingerprint density at radius 1 is 1.00 bits per heavy atom. The summed E-state index contributed by atoms with van der Waals surface area (Å²) >= 11 is 0. The Balaban J connectivity index is 1.71. The van der Waals surface area contributed by atoms with Crippen molar-refractivity contribution in [2.45, 2.75) is 39.0 Å². The van der Waals surface area contributed by atoms with E-state index in [1.165, 1.54) is 19.0 Å². The van der Waals surface area contributed by atoms with Gasteiger partial charge >= 0.3 is 5.97 Å². The van der Waals surface area contributed by atoms with Crippen molar-refractivity contribution in [3.8, 4) is 28.2 Å². The van der Waals surface area contributed by atoms with E-state index in [1.807, 2.05) is 36.4 Å². The second-order valence-electron chi connectivity index (χ2n) is 8.26. The second kappa shape index (κ2) is 11.5. The third kappa shape index (κ3) is 5.45. The molecular weight excluding hydrogens is 442 g/mol. The highest BCUT2D eigenvalue weighted by atomic mass is 16.5. The number of fused-ring (bicyclic) bond motifs is 1. The van der Waals surface area contributed by atoms with Crippen LogP contribution in [-0.4, -0.2) is 36.7 Å². The van der Waals surface area contributed by atoms with Crippen LogP contribution in [0.5, 0.6) is 5.75 Å². The molecule has 182 valence electrons. The third-order valence-electron chi connectivity index (χ3n) is 6.09. The first-order valence-corrected chi connectivity index (χ1v) is 12.0. The second-order valence-corrected chi connectivity index (χ2v) is 8.26. The SMILES string of the molecule is CCc1ccccc1-c1oc2ncnc(NCCCCCC(=O)OC)c2c1-c1ccc(OC)cc1. The Morgan fingerprint density at radius 2 is 1.80 bits per heavy atom. The number of benzene rings is 2. The fourth-order valence-corrected chi connectivity index (χ4v) is 4.22. The predicted molar refractivity (Wildman–Crippen MR) is 138 cm³/mol. The number of nitrogens with one attached hydrogen (secondary N) is 1. The quantitative estimate of drug-likeness (QED) is 0.203. The Labute approximate surface area is 205 Å². The normalized spacial score (nSPS) is 10.9. The minimum absolute atomic E-state index is 0.169. The summed E-state index contributed by atoms with van der Waals surface area (Å²) < 4.78 is 16.5. The number of esters is 1. The van der Waals surface area contributed by atoms with Gasteiger partial charge in [-0.2, -0.15) is 0 Å². The molecule has 1 N–H and O–H groups in total. The smallest absolute Gasteiger partial charge is 0.305 e. The summed E-state index contributed by atoms with van der Waals surface area (Å²) in [6.45, 7) is 2.86. The number of aryl methyl sites for hydroxylation is 1. The molecule has 0 saturated heterocycles. The molecule has 0 bridgehead atoms. The molecule has 0 atom stereocenters. The van der Waals surface area contributed by atoms with Crippen LogP contribution in [0.1, 0.15) is 38.2 Å². The zero-order valence-corrected chi connectivity index (χ0v) is 20.5. The number of hydrogen-bond donors (Lipinski definition) is 1. The van der Waals surface area contributed by atoms with Gasteiger partial charge in [0.1, 0.15) is 23.7 Å². The van der Waals surface area contributed by atoms with Gasteiger partial charge in [-0.1, -0.05) is 49.7 Å². The standard InChI is InChI=1S/C28H31N3O4/c1-4-19-10-7-8-11-22(19)26-24(20-13-15-21(33-2)16-14-20)25-27(30-18-31-28(25)35-26)29-17-9-5-6-12-23(32)34-3/h7-8,10-11,13-16,18H,4-6,9,12,17H2,1-3H3,(H,29,30,31). The molecule has 2 aromatic carbocycles. The van der Waals surface area contributed by atoms with Gasteiger partial charge in [0.05, 0.1) is 19.6 Å². The van der Waals surface area contributed by atoms with E-state index in [0.29, 0.717) is 12.1 Å². The summed E-state index contributed by atoms with van der Waals surface area (Å²) in [5.74, 6) is 2.14. The van der Waals surface area contributed by atoms with Crippen LogP contribution >= 0.6 is 0 Å². The van der Waals surface area contributed by atoms with Crippen LogP contribution in [0, 0.1) is 0 Å². The Bertz CT molecular complexity index is 1280. The van der Waals surface area contributed by atoms with Crippen molar-refractivity contribution in [1.29, 1.82) is 0 Å². The molecule has 0 fully saturated rings. The van der Waals surface area contributed by atoms with Crippen molar-refractivity contribution < 1.29 is 18.7 Å². The van der Waals surface area contributed by atoms with E-state index in [2.05, 4.69) is 34.3 Å². The molecule has 2 aromatic heterocycles. The highest BCUT2D eigenvalue weighted by molar-refractivity contribution is 6.06. The lowest BCUT2D eigenvalue weighted by Gasteiger charge is -2.10. The fraction of sp³-hybridized carbons (Fsp3) is 0.321. The molecule has 0 aliphatic carbocycles. The first-order valence-electron chi connectivity index (χ1n) is 12.0. The van der Waals surface area contributed by atoms with Crippen molar-refractivity contribution in [2.24, 2.45) is 0 Å². The number of anilines is 1. The van der Waals surface area contributed by atoms with E-state index in [4.69, 9.17) is 13.9 Å². The van der Waals surface area contributed by atoms with Crippen molar-refractivity contribution in [3.63, 3.8) is 0 Å². The number of carbonyl (C=O) groups is 1. The molecule has 0 radical (unpaired) electrons. The first kappa shape index (κ1) is 24.3. The lowest BCUT2D eigenvalue weighted by molar-refractivity contribution is -0.140. The Kier molecular flexibility index (Phi) is 7.98.